The Kier molecular flexibility index (Phi) is 3.56. The predicted molar refractivity (Wildman–Crippen MR) is 79.6 cm³/mol. The van der Waals surface area contributed by atoms with Gasteiger partial charge in [0.25, 0.3) is 0 Å². The molecule has 21 heavy (non-hydrogen) atoms. The van der Waals surface area contributed by atoms with Crippen molar-refractivity contribution in [1.82, 2.24) is 0 Å². The molecule has 0 aromatic carbocycles. The van der Waals surface area contributed by atoms with Gasteiger partial charge in [-0.25, -0.2) is 0 Å². The molecule has 0 spiro atoms. The van der Waals surface area contributed by atoms with Crippen LogP contribution in [0.15, 0.2) is 12.2 Å². The Morgan fingerprint density at radius 1 is 1.19 bits per heavy atom. The molecule has 0 amide bonds. The van der Waals surface area contributed by atoms with Gasteiger partial charge in [-0.2, -0.15) is 0 Å². The van der Waals surface area contributed by atoms with Crippen LogP contribution in [0.1, 0.15) is 51.9 Å². The molecule has 0 aromatic rings. The van der Waals surface area contributed by atoms with E-state index >= 15 is 0 Å². The topological polar surface area (TPSA) is 38.8 Å². The van der Waals surface area contributed by atoms with Crippen LogP contribution in [0, 0.1) is 23.7 Å². The molecule has 2 heterocycles. The van der Waals surface area contributed by atoms with Gasteiger partial charge in [0.15, 0.2) is 0 Å². The van der Waals surface area contributed by atoms with Crippen molar-refractivity contribution in [3.8, 4) is 0 Å². The molecule has 3 heteroatoms. The quantitative estimate of drug-likeness (QED) is 0.421. The second kappa shape index (κ2) is 5.42. The summed E-state index contributed by atoms with van der Waals surface area (Å²) in [6.07, 6.45) is 13.1. The predicted octanol–water partition coefficient (Wildman–Crippen LogP) is 3.48. The highest BCUT2D eigenvalue weighted by molar-refractivity contribution is 5.69. The summed E-state index contributed by atoms with van der Waals surface area (Å²) in [5, 5.41) is 0. The van der Waals surface area contributed by atoms with Crippen molar-refractivity contribution in [2.75, 3.05) is 0 Å². The SMILES string of the molecule is CCC1OC(=O)CCCCC=CC2C(CC3OC32)C2CC12. The lowest BCUT2D eigenvalue weighted by Gasteiger charge is -2.21. The minimum atomic E-state index is 0.0184. The van der Waals surface area contributed by atoms with Crippen molar-refractivity contribution < 1.29 is 14.3 Å². The summed E-state index contributed by atoms with van der Waals surface area (Å²) in [5.41, 5.74) is 0. The highest BCUT2D eigenvalue weighted by Gasteiger charge is 2.61. The van der Waals surface area contributed by atoms with Crippen LogP contribution in [0.5, 0.6) is 0 Å². The van der Waals surface area contributed by atoms with Gasteiger partial charge in [0.1, 0.15) is 6.10 Å². The Labute approximate surface area is 127 Å². The zero-order chi connectivity index (χ0) is 14.4. The standard InChI is InChI=1S/C18H26O3/c1-2-15-14-9-12(14)13-10-16-18(21-16)11(13)7-5-3-4-6-8-17(19)20-15/h5,7,11-16,18H,2-4,6,8-10H2,1H3. The van der Waals surface area contributed by atoms with Gasteiger partial charge in [-0.3, -0.25) is 4.79 Å². The summed E-state index contributed by atoms with van der Waals surface area (Å²) in [6, 6.07) is 0. The van der Waals surface area contributed by atoms with Gasteiger partial charge in [0, 0.05) is 12.3 Å². The van der Waals surface area contributed by atoms with E-state index in [4.69, 9.17) is 9.47 Å². The molecule has 4 rings (SSSR count). The van der Waals surface area contributed by atoms with E-state index in [9.17, 15) is 4.79 Å². The van der Waals surface area contributed by atoms with Crippen LogP contribution in [0.4, 0.5) is 0 Å². The van der Waals surface area contributed by atoms with Crippen molar-refractivity contribution in [2.24, 2.45) is 23.7 Å². The number of ether oxygens (including phenoxy) is 2. The van der Waals surface area contributed by atoms with E-state index in [1.807, 2.05) is 0 Å². The van der Waals surface area contributed by atoms with Gasteiger partial charge < -0.3 is 9.47 Å². The number of cyclic esters (lactones) is 1. The normalized spacial score (nSPS) is 48.8. The first-order valence-electron chi connectivity index (χ1n) is 8.79. The third kappa shape index (κ3) is 2.65. The molecule has 0 N–H and O–H groups in total. The Balaban J connectivity index is 1.50. The maximum atomic E-state index is 11.9. The highest BCUT2D eigenvalue weighted by atomic mass is 16.6. The Morgan fingerprint density at radius 2 is 2.10 bits per heavy atom. The maximum Gasteiger partial charge on any atom is 0.306 e. The molecule has 2 aliphatic carbocycles. The lowest BCUT2D eigenvalue weighted by atomic mass is 9.88. The number of hydrogen-bond acceptors (Lipinski definition) is 3. The van der Waals surface area contributed by atoms with Gasteiger partial charge in [-0.1, -0.05) is 19.1 Å². The number of esters is 1. The van der Waals surface area contributed by atoms with Crippen LogP contribution >= 0.6 is 0 Å². The monoisotopic (exact) mass is 290 g/mol. The lowest BCUT2D eigenvalue weighted by Crippen LogP contribution is -2.23. The van der Waals surface area contributed by atoms with Gasteiger partial charge in [-0.05, 0) is 56.3 Å². The van der Waals surface area contributed by atoms with E-state index in [0.29, 0.717) is 30.5 Å². The Morgan fingerprint density at radius 3 is 2.95 bits per heavy atom. The van der Waals surface area contributed by atoms with E-state index in [-0.39, 0.29) is 12.1 Å². The zero-order valence-corrected chi connectivity index (χ0v) is 12.9. The first-order valence-corrected chi connectivity index (χ1v) is 8.79. The van der Waals surface area contributed by atoms with Crippen molar-refractivity contribution >= 4 is 5.97 Å². The Hall–Kier alpha value is -0.830. The molecule has 3 nitrogen and oxygen atoms in total. The van der Waals surface area contributed by atoms with Gasteiger partial charge in [-0.15, -0.1) is 0 Å². The average molecular weight is 290 g/mol. The van der Waals surface area contributed by atoms with Crippen molar-refractivity contribution in [3.05, 3.63) is 12.2 Å². The molecule has 2 saturated carbocycles. The second-order valence-electron chi connectivity index (χ2n) is 7.29. The minimum Gasteiger partial charge on any atom is -0.462 e. The molecule has 3 fully saturated rings. The largest absolute Gasteiger partial charge is 0.462 e. The fraction of sp³-hybridized carbons (Fsp3) is 0.833. The Bertz CT molecular complexity index is 444. The molecule has 7 unspecified atom stereocenters. The molecule has 7 atom stereocenters. The van der Waals surface area contributed by atoms with Crippen LogP contribution in [0.25, 0.3) is 0 Å². The number of carbonyl (C=O) groups excluding carboxylic acids is 1. The molecule has 0 aromatic heterocycles. The van der Waals surface area contributed by atoms with Crippen LogP contribution in [-0.4, -0.2) is 24.3 Å². The summed E-state index contributed by atoms with van der Waals surface area (Å²) in [6.45, 7) is 2.15. The average Bonchev–Trinajstić information content (AvgIpc) is 3.37. The number of hydrogen-bond donors (Lipinski definition) is 0. The van der Waals surface area contributed by atoms with Crippen LogP contribution in [0.3, 0.4) is 0 Å². The van der Waals surface area contributed by atoms with E-state index in [1.54, 1.807) is 0 Å². The highest BCUT2D eigenvalue weighted by Crippen LogP contribution is 2.59. The number of rotatable bonds is 1. The van der Waals surface area contributed by atoms with E-state index in [0.717, 1.165) is 37.5 Å². The minimum absolute atomic E-state index is 0.0184. The third-order valence-corrected chi connectivity index (χ3v) is 5.96. The zero-order valence-electron chi connectivity index (χ0n) is 12.9. The molecule has 0 bridgehead atoms. The first-order chi connectivity index (χ1) is 10.3. The van der Waals surface area contributed by atoms with E-state index in [2.05, 4.69) is 19.1 Å². The molecular formula is C18H26O3. The number of epoxide rings is 1. The van der Waals surface area contributed by atoms with E-state index in [1.165, 1.54) is 12.8 Å². The molecule has 2 aliphatic heterocycles. The first kappa shape index (κ1) is 13.8. The van der Waals surface area contributed by atoms with Crippen LogP contribution < -0.4 is 0 Å². The fourth-order valence-electron chi connectivity index (χ4n) is 4.71. The summed E-state index contributed by atoms with van der Waals surface area (Å²) in [5.74, 6) is 2.78. The van der Waals surface area contributed by atoms with Gasteiger partial charge in [0.05, 0.1) is 12.2 Å². The molecular weight excluding hydrogens is 264 g/mol. The molecule has 116 valence electrons. The number of carbonyl (C=O) groups is 1. The fourth-order valence-corrected chi connectivity index (χ4v) is 4.71. The van der Waals surface area contributed by atoms with Crippen molar-refractivity contribution in [2.45, 2.75) is 70.2 Å². The third-order valence-electron chi connectivity index (χ3n) is 5.96. The smallest absolute Gasteiger partial charge is 0.306 e. The summed E-state index contributed by atoms with van der Waals surface area (Å²) >= 11 is 0. The summed E-state index contributed by atoms with van der Waals surface area (Å²) in [7, 11) is 0. The maximum absolute atomic E-state index is 11.9. The van der Waals surface area contributed by atoms with Crippen LogP contribution in [-0.2, 0) is 14.3 Å². The van der Waals surface area contributed by atoms with Crippen LogP contribution in [0.2, 0.25) is 0 Å². The molecule has 4 aliphatic rings. The second-order valence-corrected chi connectivity index (χ2v) is 7.29. The van der Waals surface area contributed by atoms with Gasteiger partial charge >= 0.3 is 5.97 Å². The lowest BCUT2D eigenvalue weighted by molar-refractivity contribution is -0.150. The molecule has 1 saturated heterocycles. The van der Waals surface area contributed by atoms with E-state index < -0.39 is 0 Å². The molecule has 0 radical (unpaired) electrons. The van der Waals surface area contributed by atoms with Crippen molar-refractivity contribution in [1.29, 1.82) is 0 Å². The van der Waals surface area contributed by atoms with Crippen molar-refractivity contribution in [3.63, 3.8) is 0 Å². The number of fused-ring (bicyclic) bond motifs is 5. The summed E-state index contributed by atoms with van der Waals surface area (Å²) in [4.78, 5) is 11.9. The van der Waals surface area contributed by atoms with Gasteiger partial charge in [0.2, 0.25) is 0 Å². The number of allylic oxidation sites excluding steroid dienone is 1. The summed E-state index contributed by atoms with van der Waals surface area (Å²) < 4.78 is 11.5.